The van der Waals surface area contributed by atoms with Crippen molar-refractivity contribution in [3.05, 3.63) is 71.8 Å². The van der Waals surface area contributed by atoms with Crippen molar-refractivity contribution in [1.29, 1.82) is 0 Å². The van der Waals surface area contributed by atoms with Crippen LogP contribution < -0.4 is 10.6 Å². The summed E-state index contributed by atoms with van der Waals surface area (Å²) < 4.78 is 0. The molecule has 4 unspecified atom stereocenters. The van der Waals surface area contributed by atoms with Gasteiger partial charge in [0.25, 0.3) is 5.95 Å². The van der Waals surface area contributed by atoms with Crippen molar-refractivity contribution < 1.29 is 0 Å². The van der Waals surface area contributed by atoms with Crippen molar-refractivity contribution in [3.8, 4) is 0 Å². The van der Waals surface area contributed by atoms with Crippen LogP contribution in [0.4, 0.5) is 5.95 Å². The third-order valence-corrected chi connectivity index (χ3v) is 7.17. The molecule has 3 N–H and O–H groups in total. The predicted molar refractivity (Wildman–Crippen MR) is 113 cm³/mol. The highest BCUT2D eigenvalue weighted by Crippen LogP contribution is 2.54. The number of aromatic amines is 1. The lowest BCUT2D eigenvalue weighted by molar-refractivity contribution is 0.135. The number of hydrogen-bond donors (Lipinski definition) is 2. The van der Waals surface area contributed by atoms with Gasteiger partial charge < -0.3 is 10.6 Å². The summed E-state index contributed by atoms with van der Waals surface area (Å²) in [5.74, 6) is 1.14. The first-order valence-electron chi connectivity index (χ1n) is 10.5. The second kappa shape index (κ2) is 6.95. The van der Waals surface area contributed by atoms with Gasteiger partial charge in [-0.3, -0.25) is 0 Å². The maximum Gasteiger partial charge on any atom is 0.266 e. The third kappa shape index (κ3) is 2.94. The Balaban J connectivity index is 1.63. The van der Waals surface area contributed by atoms with Crippen LogP contribution in [0.5, 0.6) is 0 Å². The molecule has 3 heterocycles. The Bertz CT molecular complexity index is 944. The van der Waals surface area contributed by atoms with Crippen LogP contribution in [-0.2, 0) is 12.8 Å². The van der Waals surface area contributed by atoms with Crippen molar-refractivity contribution in [2.24, 2.45) is 11.7 Å². The molecule has 4 atom stereocenters. The van der Waals surface area contributed by atoms with Crippen LogP contribution in [0.15, 0.2) is 60.7 Å². The molecule has 0 radical (unpaired) electrons. The van der Waals surface area contributed by atoms with Gasteiger partial charge >= 0.3 is 0 Å². The maximum atomic E-state index is 7.41. The molecule has 0 aliphatic carbocycles. The predicted octanol–water partition coefficient (Wildman–Crippen LogP) is 3.13. The van der Waals surface area contributed by atoms with E-state index in [1.807, 2.05) is 0 Å². The number of benzene rings is 2. The monoisotopic (exact) mass is 388 g/mol. The molecule has 2 fully saturated rings. The zero-order chi connectivity index (χ0) is 19.9. The minimum atomic E-state index is -0.392. The van der Waals surface area contributed by atoms with E-state index in [1.54, 1.807) is 0 Å². The summed E-state index contributed by atoms with van der Waals surface area (Å²) in [5.41, 5.74) is 9.37. The highest BCUT2D eigenvalue weighted by Gasteiger charge is 2.63. The van der Waals surface area contributed by atoms with Gasteiger partial charge in [0, 0.05) is 11.6 Å². The van der Waals surface area contributed by atoms with Crippen molar-refractivity contribution >= 4 is 5.95 Å². The second-order valence-electron chi connectivity index (χ2n) is 8.88. The van der Waals surface area contributed by atoms with E-state index in [0.717, 1.165) is 32.1 Å². The van der Waals surface area contributed by atoms with Gasteiger partial charge in [0.1, 0.15) is 0 Å². The highest BCUT2D eigenvalue weighted by molar-refractivity contribution is 5.47. The number of H-pyrrole nitrogens is 1. The Morgan fingerprint density at radius 1 is 1.03 bits per heavy atom. The Labute approximate surface area is 171 Å². The van der Waals surface area contributed by atoms with Gasteiger partial charge in [-0.25, -0.2) is 0 Å². The number of fused-ring (bicyclic) bond motifs is 2. The molecular weight excluding hydrogens is 360 g/mol. The Morgan fingerprint density at radius 2 is 1.69 bits per heavy atom. The fourth-order valence-corrected chi connectivity index (χ4v) is 5.96. The van der Waals surface area contributed by atoms with E-state index in [0.29, 0.717) is 17.9 Å². The molecule has 2 aliphatic heterocycles. The molecule has 6 heteroatoms. The van der Waals surface area contributed by atoms with Gasteiger partial charge in [-0.15, -0.1) is 5.10 Å². The van der Waals surface area contributed by atoms with Crippen LogP contribution >= 0.6 is 0 Å². The quantitative estimate of drug-likeness (QED) is 0.702. The number of anilines is 1. The average Bonchev–Trinajstić information content (AvgIpc) is 3.35. The lowest BCUT2D eigenvalue weighted by Crippen LogP contribution is -2.74. The molecule has 2 aromatic carbocycles. The zero-order valence-electron chi connectivity index (χ0n) is 16.8. The van der Waals surface area contributed by atoms with Crippen LogP contribution in [0.1, 0.15) is 37.3 Å². The molecule has 6 nitrogen and oxygen atoms in total. The molecule has 2 saturated heterocycles. The third-order valence-electron chi connectivity index (χ3n) is 7.17. The molecule has 0 saturated carbocycles. The van der Waals surface area contributed by atoms with Gasteiger partial charge in [-0.05, 0) is 54.4 Å². The Hall–Kier alpha value is -2.73. The fraction of sp³-hybridized carbons (Fsp3) is 0.435. The van der Waals surface area contributed by atoms with Gasteiger partial charge in [0.15, 0.2) is 0 Å². The van der Waals surface area contributed by atoms with Crippen molar-refractivity contribution in [3.63, 3.8) is 0 Å². The van der Waals surface area contributed by atoms with Crippen molar-refractivity contribution in [2.75, 3.05) is 4.90 Å². The molecular formula is C23H28N6. The van der Waals surface area contributed by atoms with E-state index < -0.39 is 5.54 Å². The lowest BCUT2D eigenvalue weighted by Gasteiger charge is -2.58. The molecule has 3 aromatic rings. The number of nitrogens with one attached hydrogen (secondary N) is 1. The molecule has 29 heavy (non-hydrogen) atoms. The van der Waals surface area contributed by atoms with Gasteiger partial charge in [-0.1, -0.05) is 72.7 Å². The number of rotatable bonds is 5. The summed E-state index contributed by atoms with van der Waals surface area (Å²) in [4.78, 5) is 2.42. The number of piperidine rings is 1. The smallest absolute Gasteiger partial charge is 0.266 e. The van der Waals surface area contributed by atoms with E-state index in [-0.39, 0.29) is 5.54 Å². The van der Waals surface area contributed by atoms with Crippen LogP contribution in [0, 0.1) is 5.92 Å². The molecule has 0 spiro atoms. The number of nitrogens with two attached hydrogens (primary N) is 1. The summed E-state index contributed by atoms with van der Waals surface area (Å²) >= 11 is 0. The summed E-state index contributed by atoms with van der Waals surface area (Å²) in [6, 6.07) is 21.7. The van der Waals surface area contributed by atoms with Crippen LogP contribution in [0.3, 0.4) is 0 Å². The van der Waals surface area contributed by atoms with Crippen molar-refractivity contribution in [2.45, 2.75) is 56.1 Å². The largest absolute Gasteiger partial charge is 0.327 e. The van der Waals surface area contributed by atoms with E-state index in [4.69, 9.17) is 5.73 Å². The number of nitrogens with zero attached hydrogens (tertiary/aromatic N) is 4. The van der Waals surface area contributed by atoms with Gasteiger partial charge in [0.05, 0.1) is 5.54 Å². The molecule has 0 amide bonds. The van der Waals surface area contributed by atoms with Crippen LogP contribution in [-0.4, -0.2) is 37.7 Å². The van der Waals surface area contributed by atoms with E-state index in [9.17, 15) is 0 Å². The first-order chi connectivity index (χ1) is 14.1. The number of tetrazole rings is 1. The maximum absolute atomic E-state index is 7.41. The summed E-state index contributed by atoms with van der Waals surface area (Å²) in [6.45, 7) is 2.32. The average molecular weight is 389 g/mol. The molecule has 2 bridgehead atoms. The molecule has 1 aromatic heterocycles. The van der Waals surface area contributed by atoms with Crippen LogP contribution in [0.25, 0.3) is 0 Å². The first kappa shape index (κ1) is 18.3. The summed E-state index contributed by atoms with van der Waals surface area (Å²) in [7, 11) is 0. The summed E-state index contributed by atoms with van der Waals surface area (Å²) in [5, 5.41) is 15.3. The molecule has 5 rings (SSSR count). The van der Waals surface area contributed by atoms with Gasteiger partial charge in [-0.2, -0.15) is 5.21 Å². The number of hydrogen-bond acceptors (Lipinski definition) is 5. The molecule has 2 aliphatic rings. The molecule has 150 valence electrons. The summed E-state index contributed by atoms with van der Waals surface area (Å²) in [6.07, 6.45) is 4.86. The minimum Gasteiger partial charge on any atom is -0.327 e. The standard InChI is InChI=1S/C23H28N6/c1-17-14-22(24,15-18-8-4-2-5-9-18)23(16-19-10-6-3-7-11-19)13-12-20(17)29(23)21-25-27-28-26-21/h2-11,17,20H,12-16,24H2,1H3,(H,25,26,27,28). The SMILES string of the molecule is CC1CC(N)(Cc2ccccc2)C2(Cc3ccccc3)CCC1N2c1nn[nH]n1. The first-order valence-corrected chi connectivity index (χ1v) is 10.5. The Kier molecular flexibility index (Phi) is 4.39. The second-order valence-corrected chi connectivity index (χ2v) is 8.88. The minimum absolute atomic E-state index is 0.245. The normalized spacial score (nSPS) is 31.2. The van der Waals surface area contributed by atoms with E-state index in [1.165, 1.54) is 11.1 Å². The van der Waals surface area contributed by atoms with Crippen molar-refractivity contribution in [1.82, 2.24) is 20.6 Å². The van der Waals surface area contributed by atoms with E-state index >= 15 is 0 Å². The zero-order valence-corrected chi connectivity index (χ0v) is 16.8. The lowest BCUT2D eigenvalue weighted by atomic mass is 9.64. The van der Waals surface area contributed by atoms with Gasteiger partial charge in [0.2, 0.25) is 0 Å². The van der Waals surface area contributed by atoms with Crippen LogP contribution in [0.2, 0.25) is 0 Å². The van der Waals surface area contributed by atoms with E-state index in [2.05, 4.69) is 93.1 Å². The Morgan fingerprint density at radius 3 is 2.31 bits per heavy atom. The highest BCUT2D eigenvalue weighted by atomic mass is 15.5. The topological polar surface area (TPSA) is 83.7 Å². The number of aromatic nitrogens is 4. The fourth-order valence-electron chi connectivity index (χ4n) is 5.96.